The van der Waals surface area contributed by atoms with Crippen molar-refractivity contribution in [2.75, 3.05) is 13.1 Å². The van der Waals surface area contributed by atoms with E-state index in [1.54, 1.807) is 0 Å². The van der Waals surface area contributed by atoms with E-state index in [1.807, 2.05) is 0 Å². The van der Waals surface area contributed by atoms with Crippen LogP contribution in [0.25, 0.3) is 0 Å². The van der Waals surface area contributed by atoms with Crippen LogP contribution in [0.2, 0.25) is 5.15 Å². The minimum atomic E-state index is 0.440. The van der Waals surface area contributed by atoms with Gasteiger partial charge >= 0.3 is 0 Å². The van der Waals surface area contributed by atoms with Crippen molar-refractivity contribution in [2.24, 2.45) is 0 Å². The predicted molar refractivity (Wildman–Crippen MR) is 64.0 cm³/mol. The molecule has 1 aliphatic heterocycles. The average molecular weight is 238 g/mol. The number of fused-ring (bicyclic) bond motifs is 1. The van der Waals surface area contributed by atoms with Crippen LogP contribution in [-0.4, -0.2) is 23.1 Å². The van der Waals surface area contributed by atoms with Crippen molar-refractivity contribution in [1.29, 1.82) is 0 Å². The zero-order chi connectivity index (χ0) is 11.1. The average Bonchev–Trinajstić information content (AvgIpc) is 3.07. The number of aromatic nitrogens is 2. The van der Waals surface area contributed by atoms with Crippen LogP contribution in [0.3, 0.4) is 0 Å². The first-order valence-corrected chi connectivity index (χ1v) is 6.40. The van der Waals surface area contributed by atoms with Crippen molar-refractivity contribution in [3.63, 3.8) is 0 Å². The number of nitrogens with zero attached hydrogens (tertiary/aromatic N) is 2. The molecule has 2 aliphatic rings. The molecule has 1 aromatic heterocycles. The van der Waals surface area contributed by atoms with Crippen molar-refractivity contribution in [1.82, 2.24) is 15.3 Å². The van der Waals surface area contributed by atoms with Gasteiger partial charge in [0.25, 0.3) is 0 Å². The summed E-state index contributed by atoms with van der Waals surface area (Å²) in [6.45, 7) is 4.17. The molecule has 16 heavy (non-hydrogen) atoms. The molecule has 1 saturated carbocycles. The molecule has 1 fully saturated rings. The van der Waals surface area contributed by atoms with Gasteiger partial charge in [-0.2, -0.15) is 0 Å². The summed E-state index contributed by atoms with van der Waals surface area (Å²) in [6.07, 6.45) is 3.40. The highest BCUT2D eigenvalue weighted by Crippen LogP contribution is 2.39. The Morgan fingerprint density at radius 1 is 1.31 bits per heavy atom. The lowest BCUT2D eigenvalue weighted by Crippen LogP contribution is -2.18. The normalized spacial score (nSPS) is 25.0. The molecule has 1 unspecified atom stereocenters. The molecular formula is C12H16ClN3. The highest BCUT2D eigenvalue weighted by Gasteiger charge is 2.29. The number of rotatable bonds is 1. The first-order valence-electron chi connectivity index (χ1n) is 6.02. The second kappa shape index (κ2) is 3.97. The highest BCUT2D eigenvalue weighted by molar-refractivity contribution is 6.30. The van der Waals surface area contributed by atoms with Crippen molar-refractivity contribution in [3.05, 3.63) is 22.2 Å². The largest absolute Gasteiger partial charge is 0.316 e. The Morgan fingerprint density at radius 3 is 2.88 bits per heavy atom. The Labute approximate surface area is 101 Å². The second-order valence-corrected chi connectivity index (χ2v) is 5.22. The summed E-state index contributed by atoms with van der Waals surface area (Å²) in [5, 5.41) is 4.09. The van der Waals surface area contributed by atoms with Crippen LogP contribution < -0.4 is 5.32 Å². The van der Waals surface area contributed by atoms with Gasteiger partial charge in [-0.3, -0.25) is 0 Å². The van der Waals surface area contributed by atoms with Gasteiger partial charge in [-0.05, 0) is 25.8 Å². The first-order chi connectivity index (χ1) is 7.75. The zero-order valence-corrected chi connectivity index (χ0v) is 10.2. The fourth-order valence-electron chi connectivity index (χ4n) is 2.28. The van der Waals surface area contributed by atoms with Crippen LogP contribution in [0.15, 0.2) is 0 Å². The quantitative estimate of drug-likeness (QED) is 0.762. The summed E-state index contributed by atoms with van der Waals surface area (Å²) in [7, 11) is 0. The third kappa shape index (κ3) is 1.82. The Balaban J connectivity index is 2.07. The molecule has 2 heterocycles. The van der Waals surface area contributed by atoms with Crippen molar-refractivity contribution >= 4 is 11.6 Å². The Hall–Kier alpha value is -0.670. The fourth-order valence-corrected chi connectivity index (χ4v) is 2.56. The second-order valence-electron chi connectivity index (χ2n) is 4.87. The molecule has 0 radical (unpaired) electrons. The van der Waals surface area contributed by atoms with Gasteiger partial charge in [0.15, 0.2) is 0 Å². The van der Waals surface area contributed by atoms with Crippen molar-refractivity contribution in [3.8, 4) is 0 Å². The molecule has 1 aliphatic carbocycles. The third-order valence-corrected chi connectivity index (χ3v) is 3.73. The molecule has 1 N–H and O–H groups in total. The molecule has 0 bridgehead atoms. The third-order valence-electron chi connectivity index (χ3n) is 3.42. The number of hydrogen-bond acceptors (Lipinski definition) is 3. The lowest BCUT2D eigenvalue weighted by atomic mass is 10.0. The monoisotopic (exact) mass is 237 g/mol. The minimum absolute atomic E-state index is 0.440. The number of halogens is 1. The molecule has 3 nitrogen and oxygen atoms in total. The maximum atomic E-state index is 6.28. The van der Waals surface area contributed by atoms with E-state index in [2.05, 4.69) is 17.2 Å². The molecule has 1 atom stereocenters. The van der Waals surface area contributed by atoms with E-state index in [9.17, 15) is 0 Å². The van der Waals surface area contributed by atoms with E-state index in [1.165, 1.54) is 18.5 Å². The van der Waals surface area contributed by atoms with Crippen LogP contribution >= 0.6 is 11.6 Å². The fraction of sp³-hybridized carbons (Fsp3) is 0.667. The summed E-state index contributed by atoms with van der Waals surface area (Å²) in [5.41, 5.74) is 2.33. The van der Waals surface area contributed by atoms with E-state index < -0.39 is 0 Å². The minimum Gasteiger partial charge on any atom is -0.316 e. The van der Waals surface area contributed by atoms with E-state index in [-0.39, 0.29) is 0 Å². The highest BCUT2D eigenvalue weighted by atomic mass is 35.5. The smallest absolute Gasteiger partial charge is 0.136 e. The Kier molecular flexibility index (Phi) is 2.60. The lowest BCUT2D eigenvalue weighted by Gasteiger charge is -2.13. The summed E-state index contributed by atoms with van der Waals surface area (Å²) >= 11 is 6.28. The van der Waals surface area contributed by atoms with Gasteiger partial charge in [-0.1, -0.05) is 18.5 Å². The zero-order valence-electron chi connectivity index (χ0n) is 9.46. The van der Waals surface area contributed by atoms with Gasteiger partial charge in [0.1, 0.15) is 11.0 Å². The van der Waals surface area contributed by atoms with Crippen molar-refractivity contribution < 1.29 is 0 Å². The molecule has 4 heteroatoms. The van der Waals surface area contributed by atoms with E-state index in [0.29, 0.717) is 17.0 Å². The van der Waals surface area contributed by atoms with Crippen LogP contribution in [0.5, 0.6) is 0 Å². The summed E-state index contributed by atoms with van der Waals surface area (Å²) in [5.74, 6) is 1.99. The van der Waals surface area contributed by atoms with Gasteiger partial charge in [-0.25, -0.2) is 9.97 Å². The standard InChI is InChI=1S/C12H16ClN3/c1-7-6-14-5-4-9-10(7)15-12(8-2-3-8)16-11(9)13/h7-8,14H,2-6H2,1H3. The van der Waals surface area contributed by atoms with Gasteiger partial charge in [0, 0.05) is 23.9 Å². The number of hydrogen-bond donors (Lipinski definition) is 1. The van der Waals surface area contributed by atoms with Gasteiger partial charge in [0.2, 0.25) is 0 Å². The maximum absolute atomic E-state index is 6.28. The Bertz CT molecular complexity index is 415. The summed E-state index contributed by atoms with van der Waals surface area (Å²) in [6, 6.07) is 0. The van der Waals surface area contributed by atoms with Crippen LogP contribution in [0, 0.1) is 0 Å². The van der Waals surface area contributed by atoms with Crippen LogP contribution in [0.1, 0.15) is 48.7 Å². The molecule has 1 aromatic rings. The lowest BCUT2D eigenvalue weighted by molar-refractivity contribution is 0.633. The molecule has 3 rings (SSSR count). The van der Waals surface area contributed by atoms with Gasteiger partial charge in [-0.15, -0.1) is 0 Å². The first kappa shape index (κ1) is 10.5. The number of nitrogens with one attached hydrogen (secondary N) is 1. The molecule has 0 amide bonds. The SMILES string of the molecule is CC1CNCCc2c(Cl)nc(C3CC3)nc21. The molecule has 0 spiro atoms. The molecular weight excluding hydrogens is 222 g/mol. The summed E-state index contributed by atoms with van der Waals surface area (Å²) < 4.78 is 0. The van der Waals surface area contributed by atoms with E-state index >= 15 is 0 Å². The topological polar surface area (TPSA) is 37.8 Å². The van der Waals surface area contributed by atoms with Crippen LogP contribution in [-0.2, 0) is 6.42 Å². The molecule has 0 saturated heterocycles. The maximum Gasteiger partial charge on any atom is 0.136 e. The Morgan fingerprint density at radius 2 is 2.12 bits per heavy atom. The predicted octanol–water partition coefficient (Wildman–Crippen LogP) is 2.26. The van der Waals surface area contributed by atoms with Crippen molar-refractivity contribution in [2.45, 2.75) is 38.0 Å². The van der Waals surface area contributed by atoms with Gasteiger partial charge in [0.05, 0.1) is 5.69 Å². The molecule has 86 valence electrons. The van der Waals surface area contributed by atoms with Gasteiger partial charge < -0.3 is 5.32 Å². The van der Waals surface area contributed by atoms with E-state index in [4.69, 9.17) is 16.6 Å². The molecule has 0 aromatic carbocycles. The summed E-state index contributed by atoms with van der Waals surface area (Å²) in [4.78, 5) is 9.19. The van der Waals surface area contributed by atoms with E-state index in [0.717, 1.165) is 30.9 Å². The van der Waals surface area contributed by atoms with Crippen LogP contribution in [0.4, 0.5) is 0 Å².